The molecule has 1 aromatic heterocycles. The minimum absolute atomic E-state index is 0.0273. The number of hydrogen-bond donors (Lipinski definition) is 2. The number of pyridine rings is 1. The number of nitrogens with zero attached hydrogens (tertiary/aromatic N) is 2. The molecule has 7 heteroatoms. The summed E-state index contributed by atoms with van der Waals surface area (Å²) in [5.41, 5.74) is 0.688. The average Bonchev–Trinajstić information content (AvgIpc) is 2.38. The second kappa shape index (κ2) is 6.21. The molecule has 6 nitrogen and oxygen atoms in total. The van der Waals surface area contributed by atoms with E-state index in [-0.39, 0.29) is 5.69 Å². The number of anilines is 3. The standard InChI is InChI=1S/C13H13ClN4O2/c1-2-15-12-7-11(18(19)20)8-13(17-12)16-10-5-3-4-9(14)6-10/h3-8H,2H2,1H3,(H2,15,16,17). The predicted octanol–water partition coefficient (Wildman–Crippen LogP) is 3.82. The molecular weight excluding hydrogens is 280 g/mol. The van der Waals surface area contributed by atoms with Crippen LogP contribution in [0.5, 0.6) is 0 Å². The fraction of sp³-hybridized carbons (Fsp3) is 0.154. The van der Waals surface area contributed by atoms with Crippen molar-refractivity contribution in [1.82, 2.24) is 4.98 Å². The zero-order valence-corrected chi connectivity index (χ0v) is 11.5. The highest BCUT2D eigenvalue weighted by molar-refractivity contribution is 6.30. The van der Waals surface area contributed by atoms with E-state index in [9.17, 15) is 10.1 Å². The molecule has 20 heavy (non-hydrogen) atoms. The summed E-state index contributed by atoms with van der Waals surface area (Å²) in [5, 5.41) is 17.5. The quantitative estimate of drug-likeness (QED) is 0.647. The summed E-state index contributed by atoms with van der Waals surface area (Å²) in [6.45, 7) is 2.52. The molecule has 2 N–H and O–H groups in total. The van der Waals surface area contributed by atoms with Gasteiger partial charge in [0.15, 0.2) is 0 Å². The largest absolute Gasteiger partial charge is 0.370 e. The molecule has 0 aliphatic heterocycles. The minimum atomic E-state index is -0.453. The first-order chi connectivity index (χ1) is 9.58. The molecule has 104 valence electrons. The van der Waals surface area contributed by atoms with E-state index >= 15 is 0 Å². The molecule has 0 aliphatic rings. The van der Waals surface area contributed by atoms with E-state index in [1.807, 2.05) is 6.92 Å². The van der Waals surface area contributed by atoms with Gasteiger partial charge in [-0.05, 0) is 25.1 Å². The predicted molar refractivity (Wildman–Crippen MR) is 79.8 cm³/mol. The van der Waals surface area contributed by atoms with Gasteiger partial charge in [-0.1, -0.05) is 17.7 Å². The highest BCUT2D eigenvalue weighted by Crippen LogP contribution is 2.24. The van der Waals surface area contributed by atoms with Gasteiger partial charge in [0.1, 0.15) is 11.6 Å². The van der Waals surface area contributed by atoms with Crippen LogP contribution in [0, 0.1) is 10.1 Å². The second-order valence-corrected chi connectivity index (χ2v) is 4.46. The van der Waals surface area contributed by atoms with Gasteiger partial charge >= 0.3 is 0 Å². The maximum atomic E-state index is 10.9. The van der Waals surface area contributed by atoms with Gasteiger partial charge in [0, 0.05) is 17.3 Å². The summed E-state index contributed by atoms with van der Waals surface area (Å²) >= 11 is 5.89. The van der Waals surface area contributed by atoms with Crippen LogP contribution >= 0.6 is 11.6 Å². The number of halogens is 1. The minimum Gasteiger partial charge on any atom is -0.370 e. The number of nitro groups is 1. The van der Waals surface area contributed by atoms with Crippen LogP contribution in [-0.4, -0.2) is 16.5 Å². The Morgan fingerprint density at radius 3 is 2.70 bits per heavy atom. The van der Waals surface area contributed by atoms with Crippen molar-refractivity contribution in [3.05, 3.63) is 51.5 Å². The van der Waals surface area contributed by atoms with Crippen molar-refractivity contribution in [2.45, 2.75) is 6.92 Å². The van der Waals surface area contributed by atoms with Crippen molar-refractivity contribution in [1.29, 1.82) is 0 Å². The third-order valence-electron chi connectivity index (χ3n) is 2.48. The van der Waals surface area contributed by atoms with Crippen molar-refractivity contribution >= 4 is 34.6 Å². The lowest BCUT2D eigenvalue weighted by molar-refractivity contribution is -0.384. The summed E-state index contributed by atoms with van der Waals surface area (Å²) in [7, 11) is 0. The van der Waals surface area contributed by atoms with E-state index < -0.39 is 4.92 Å². The van der Waals surface area contributed by atoms with Crippen LogP contribution in [0.2, 0.25) is 5.02 Å². The van der Waals surface area contributed by atoms with E-state index in [1.165, 1.54) is 12.1 Å². The lowest BCUT2D eigenvalue weighted by Gasteiger charge is -2.08. The van der Waals surface area contributed by atoms with E-state index in [0.29, 0.717) is 28.9 Å². The summed E-state index contributed by atoms with van der Waals surface area (Å²) in [5.74, 6) is 0.837. The Morgan fingerprint density at radius 2 is 2.05 bits per heavy atom. The van der Waals surface area contributed by atoms with Crippen LogP contribution in [0.3, 0.4) is 0 Å². The van der Waals surface area contributed by atoms with Gasteiger partial charge in [0.05, 0.1) is 17.1 Å². The molecule has 0 bridgehead atoms. The van der Waals surface area contributed by atoms with E-state index in [4.69, 9.17) is 11.6 Å². The monoisotopic (exact) mass is 292 g/mol. The Labute approximate surface area is 120 Å². The maximum absolute atomic E-state index is 10.9. The molecule has 1 heterocycles. The third kappa shape index (κ3) is 3.58. The molecule has 0 amide bonds. The van der Waals surface area contributed by atoms with Crippen LogP contribution < -0.4 is 10.6 Å². The molecule has 0 unspecified atom stereocenters. The highest BCUT2D eigenvalue weighted by atomic mass is 35.5. The Kier molecular flexibility index (Phi) is 4.37. The van der Waals surface area contributed by atoms with Gasteiger partial charge in [-0.15, -0.1) is 0 Å². The van der Waals surface area contributed by atoms with Crippen LogP contribution in [0.25, 0.3) is 0 Å². The van der Waals surface area contributed by atoms with E-state index in [1.54, 1.807) is 24.3 Å². The van der Waals surface area contributed by atoms with Crippen LogP contribution in [0.4, 0.5) is 23.0 Å². The smallest absolute Gasteiger partial charge is 0.276 e. The number of aromatic nitrogens is 1. The van der Waals surface area contributed by atoms with Crippen molar-refractivity contribution in [3.63, 3.8) is 0 Å². The molecule has 0 radical (unpaired) electrons. The number of rotatable bonds is 5. The summed E-state index contributed by atoms with van der Waals surface area (Å²) in [4.78, 5) is 14.7. The summed E-state index contributed by atoms with van der Waals surface area (Å²) in [6.07, 6.45) is 0. The molecule has 0 spiro atoms. The second-order valence-electron chi connectivity index (χ2n) is 4.02. The lowest BCUT2D eigenvalue weighted by Crippen LogP contribution is -2.03. The zero-order valence-electron chi connectivity index (χ0n) is 10.8. The fourth-order valence-corrected chi connectivity index (χ4v) is 1.86. The Hall–Kier alpha value is -2.34. The molecule has 0 saturated heterocycles. The van der Waals surface area contributed by atoms with Gasteiger partial charge in [-0.2, -0.15) is 0 Å². The number of benzene rings is 1. The maximum Gasteiger partial charge on any atom is 0.276 e. The van der Waals surface area contributed by atoms with Crippen molar-refractivity contribution in [2.75, 3.05) is 17.2 Å². The van der Waals surface area contributed by atoms with Crippen LogP contribution in [0.15, 0.2) is 36.4 Å². The molecule has 0 atom stereocenters. The Bertz CT molecular complexity index is 634. The molecule has 2 aromatic rings. The SMILES string of the molecule is CCNc1cc([N+](=O)[O-])cc(Nc2cccc(Cl)c2)n1. The fourth-order valence-electron chi connectivity index (χ4n) is 1.67. The normalized spacial score (nSPS) is 10.1. The van der Waals surface area contributed by atoms with Crippen molar-refractivity contribution in [2.24, 2.45) is 0 Å². The molecular formula is C13H13ClN4O2. The van der Waals surface area contributed by atoms with Gasteiger partial charge < -0.3 is 10.6 Å². The average molecular weight is 293 g/mol. The van der Waals surface area contributed by atoms with Crippen molar-refractivity contribution < 1.29 is 4.92 Å². The van der Waals surface area contributed by atoms with Gasteiger partial charge in [-0.25, -0.2) is 4.98 Å². The lowest BCUT2D eigenvalue weighted by atomic mass is 10.3. The first kappa shape index (κ1) is 14.1. The van der Waals surface area contributed by atoms with Crippen LogP contribution in [0.1, 0.15) is 6.92 Å². The number of hydrogen-bond acceptors (Lipinski definition) is 5. The number of nitrogens with one attached hydrogen (secondary N) is 2. The van der Waals surface area contributed by atoms with Gasteiger partial charge in [0.2, 0.25) is 0 Å². The van der Waals surface area contributed by atoms with Crippen LogP contribution in [-0.2, 0) is 0 Å². The highest BCUT2D eigenvalue weighted by Gasteiger charge is 2.11. The van der Waals surface area contributed by atoms with Gasteiger partial charge in [-0.3, -0.25) is 10.1 Å². The van der Waals surface area contributed by atoms with E-state index in [0.717, 1.165) is 0 Å². The van der Waals surface area contributed by atoms with Gasteiger partial charge in [0.25, 0.3) is 5.69 Å². The third-order valence-corrected chi connectivity index (χ3v) is 2.71. The Morgan fingerprint density at radius 1 is 1.30 bits per heavy atom. The molecule has 0 aliphatic carbocycles. The first-order valence-corrected chi connectivity index (χ1v) is 6.39. The van der Waals surface area contributed by atoms with E-state index in [2.05, 4.69) is 15.6 Å². The molecule has 0 fully saturated rings. The first-order valence-electron chi connectivity index (χ1n) is 6.01. The van der Waals surface area contributed by atoms with Crippen molar-refractivity contribution in [3.8, 4) is 0 Å². The zero-order chi connectivity index (χ0) is 14.5. The summed E-state index contributed by atoms with van der Waals surface area (Å²) < 4.78 is 0. The molecule has 0 saturated carbocycles. The topological polar surface area (TPSA) is 80.1 Å². The Balaban J connectivity index is 2.32. The summed E-state index contributed by atoms with van der Waals surface area (Å²) in [6, 6.07) is 9.83. The molecule has 2 rings (SSSR count). The molecule has 1 aromatic carbocycles.